The normalized spacial score (nSPS) is 13.3. The Morgan fingerprint density at radius 1 is 0.640 bits per heavy atom. The second-order valence-electron chi connectivity index (χ2n) is 5.67. The topological polar surface area (TPSA) is 37.4 Å². The van der Waals surface area contributed by atoms with E-state index in [1.54, 1.807) is 48.5 Å². The Morgan fingerprint density at radius 3 is 1.68 bits per heavy atom. The quantitative estimate of drug-likeness (QED) is 0.650. The molecule has 1 aliphatic rings. The molecule has 0 fully saturated rings. The molecule has 0 N–H and O–H groups in total. The summed E-state index contributed by atoms with van der Waals surface area (Å²) in [6.07, 6.45) is 0. The zero-order chi connectivity index (χ0) is 17.6. The van der Waals surface area contributed by atoms with Crippen molar-refractivity contribution >= 4 is 17.5 Å². The van der Waals surface area contributed by atoms with Crippen molar-refractivity contribution in [3.05, 3.63) is 89.5 Å². The van der Waals surface area contributed by atoms with Crippen molar-refractivity contribution in [1.82, 2.24) is 0 Å². The van der Waals surface area contributed by atoms with Crippen molar-refractivity contribution in [2.75, 3.05) is 4.90 Å². The zero-order valence-electron chi connectivity index (χ0n) is 12.9. The van der Waals surface area contributed by atoms with E-state index in [-0.39, 0.29) is 5.56 Å². The Bertz CT molecular complexity index is 974. The minimum absolute atomic E-state index is 0.254. The lowest BCUT2D eigenvalue weighted by molar-refractivity contribution is 0.0926. The fourth-order valence-corrected chi connectivity index (χ4v) is 3.03. The van der Waals surface area contributed by atoms with E-state index < -0.39 is 23.4 Å². The number of para-hydroxylation sites is 1. The van der Waals surface area contributed by atoms with Gasteiger partial charge in [0.25, 0.3) is 11.8 Å². The van der Waals surface area contributed by atoms with Gasteiger partial charge in [0.1, 0.15) is 11.6 Å². The largest absolute Gasteiger partial charge is 0.268 e. The number of anilines is 1. The number of nitrogens with zero attached hydrogens (tertiary/aromatic N) is 1. The van der Waals surface area contributed by atoms with Gasteiger partial charge in [-0.15, -0.1) is 0 Å². The van der Waals surface area contributed by atoms with Crippen molar-refractivity contribution < 1.29 is 18.4 Å². The fourth-order valence-electron chi connectivity index (χ4n) is 3.03. The molecule has 25 heavy (non-hydrogen) atoms. The van der Waals surface area contributed by atoms with Crippen LogP contribution in [0.4, 0.5) is 14.5 Å². The molecule has 1 heterocycles. The van der Waals surface area contributed by atoms with Crippen LogP contribution < -0.4 is 4.90 Å². The van der Waals surface area contributed by atoms with Crippen LogP contribution in [0.25, 0.3) is 11.1 Å². The third-order valence-electron chi connectivity index (χ3n) is 4.11. The summed E-state index contributed by atoms with van der Waals surface area (Å²) in [4.78, 5) is 26.4. The number of halogens is 2. The SMILES string of the molecule is O=C1c2ccccc2C(=O)N1c1ccccc1-c1cc(F)cc(F)c1. The molecule has 5 heteroatoms. The van der Waals surface area contributed by atoms with Crippen LogP contribution in [-0.4, -0.2) is 11.8 Å². The highest BCUT2D eigenvalue weighted by Crippen LogP contribution is 2.36. The molecule has 2 amide bonds. The number of carbonyl (C=O) groups is 2. The number of carbonyl (C=O) groups excluding carboxylic acids is 2. The standard InChI is InChI=1S/C20H11F2NO2/c21-13-9-12(10-14(22)11-13)15-5-3-4-8-18(15)23-19(24)16-6-1-2-7-17(16)20(23)25/h1-11H. The van der Waals surface area contributed by atoms with Crippen molar-refractivity contribution in [1.29, 1.82) is 0 Å². The molecule has 0 aromatic heterocycles. The van der Waals surface area contributed by atoms with E-state index in [0.29, 0.717) is 22.4 Å². The second-order valence-corrected chi connectivity index (χ2v) is 5.67. The summed E-state index contributed by atoms with van der Waals surface area (Å²) in [6.45, 7) is 0. The van der Waals surface area contributed by atoms with Crippen LogP contribution in [0.5, 0.6) is 0 Å². The molecule has 0 radical (unpaired) electrons. The number of amides is 2. The highest BCUT2D eigenvalue weighted by Gasteiger charge is 2.37. The van der Waals surface area contributed by atoms with Gasteiger partial charge in [0.05, 0.1) is 16.8 Å². The molecule has 0 unspecified atom stereocenters. The Kier molecular flexibility index (Phi) is 3.42. The predicted molar refractivity (Wildman–Crippen MR) is 89.4 cm³/mol. The Labute approximate surface area is 142 Å². The van der Waals surface area contributed by atoms with E-state index in [1.165, 1.54) is 12.1 Å². The molecule has 3 aromatic rings. The maximum Gasteiger partial charge on any atom is 0.266 e. The molecule has 0 atom stereocenters. The third-order valence-corrected chi connectivity index (χ3v) is 4.11. The molecule has 122 valence electrons. The lowest BCUT2D eigenvalue weighted by Gasteiger charge is -2.18. The molecule has 3 nitrogen and oxygen atoms in total. The van der Waals surface area contributed by atoms with Gasteiger partial charge in [-0.05, 0) is 35.9 Å². The van der Waals surface area contributed by atoms with Crippen molar-refractivity contribution in [3.63, 3.8) is 0 Å². The number of hydrogen-bond donors (Lipinski definition) is 0. The van der Waals surface area contributed by atoms with Gasteiger partial charge in [-0.1, -0.05) is 30.3 Å². The minimum atomic E-state index is -0.729. The molecule has 0 aliphatic carbocycles. The lowest BCUT2D eigenvalue weighted by Crippen LogP contribution is -2.29. The van der Waals surface area contributed by atoms with Crippen LogP contribution in [0.3, 0.4) is 0 Å². The predicted octanol–water partition coefficient (Wildman–Crippen LogP) is 4.43. The first kappa shape index (κ1) is 15.2. The van der Waals surface area contributed by atoms with Gasteiger partial charge in [-0.3, -0.25) is 9.59 Å². The summed E-state index contributed by atoms with van der Waals surface area (Å²) in [7, 11) is 0. The summed E-state index contributed by atoms with van der Waals surface area (Å²) in [6, 6.07) is 16.2. The number of fused-ring (bicyclic) bond motifs is 1. The molecule has 1 aliphatic heterocycles. The van der Waals surface area contributed by atoms with E-state index in [2.05, 4.69) is 0 Å². The number of imide groups is 1. The van der Waals surface area contributed by atoms with E-state index in [4.69, 9.17) is 0 Å². The van der Waals surface area contributed by atoms with Crippen molar-refractivity contribution in [3.8, 4) is 11.1 Å². The first-order chi connectivity index (χ1) is 12.1. The lowest BCUT2D eigenvalue weighted by atomic mass is 10.0. The van der Waals surface area contributed by atoms with Crippen LogP contribution in [0, 0.1) is 11.6 Å². The van der Waals surface area contributed by atoms with E-state index in [0.717, 1.165) is 11.0 Å². The number of hydrogen-bond acceptors (Lipinski definition) is 2. The molecule has 0 bridgehead atoms. The Hall–Kier alpha value is -3.34. The molecule has 0 spiro atoms. The highest BCUT2D eigenvalue weighted by molar-refractivity contribution is 6.35. The van der Waals surface area contributed by atoms with Gasteiger partial charge < -0.3 is 0 Å². The maximum absolute atomic E-state index is 13.6. The first-order valence-electron chi connectivity index (χ1n) is 7.59. The molecular weight excluding hydrogens is 324 g/mol. The molecule has 0 saturated heterocycles. The van der Waals surface area contributed by atoms with E-state index >= 15 is 0 Å². The minimum Gasteiger partial charge on any atom is -0.268 e. The van der Waals surface area contributed by atoms with Crippen LogP contribution in [0.2, 0.25) is 0 Å². The van der Waals surface area contributed by atoms with Crippen LogP contribution in [0.1, 0.15) is 20.7 Å². The van der Waals surface area contributed by atoms with Crippen LogP contribution in [-0.2, 0) is 0 Å². The van der Waals surface area contributed by atoms with Gasteiger partial charge in [-0.2, -0.15) is 0 Å². The zero-order valence-corrected chi connectivity index (χ0v) is 12.9. The second kappa shape index (κ2) is 5.63. The Morgan fingerprint density at radius 2 is 1.12 bits per heavy atom. The maximum atomic E-state index is 13.6. The Balaban J connectivity index is 1.89. The van der Waals surface area contributed by atoms with Gasteiger partial charge in [-0.25, -0.2) is 13.7 Å². The first-order valence-corrected chi connectivity index (χ1v) is 7.59. The average molecular weight is 335 g/mol. The third kappa shape index (κ3) is 2.41. The van der Waals surface area contributed by atoms with Crippen molar-refractivity contribution in [2.45, 2.75) is 0 Å². The molecular formula is C20H11F2NO2. The van der Waals surface area contributed by atoms with Gasteiger partial charge in [0.15, 0.2) is 0 Å². The summed E-state index contributed by atoms with van der Waals surface area (Å²) < 4.78 is 27.2. The molecule has 3 aromatic carbocycles. The highest BCUT2D eigenvalue weighted by atomic mass is 19.1. The average Bonchev–Trinajstić information content (AvgIpc) is 2.85. The van der Waals surface area contributed by atoms with Gasteiger partial charge in [0, 0.05) is 11.6 Å². The van der Waals surface area contributed by atoms with Crippen LogP contribution in [0.15, 0.2) is 66.7 Å². The van der Waals surface area contributed by atoms with Gasteiger partial charge in [0.2, 0.25) is 0 Å². The molecule has 4 rings (SSSR count). The van der Waals surface area contributed by atoms with Crippen molar-refractivity contribution in [2.24, 2.45) is 0 Å². The molecule has 0 saturated carbocycles. The fraction of sp³-hybridized carbons (Fsp3) is 0. The monoisotopic (exact) mass is 335 g/mol. The summed E-state index contributed by atoms with van der Waals surface area (Å²) in [5, 5.41) is 0. The van der Waals surface area contributed by atoms with Crippen LogP contribution >= 0.6 is 0 Å². The smallest absolute Gasteiger partial charge is 0.266 e. The summed E-state index contributed by atoms with van der Waals surface area (Å²) in [5.41, 5.74) is 1.57. The van der Waals surface area contributed by atoms with Gasteiger partial charge >= 0.3 is 0 Å². The number of benzene rings is 3. The van der Waals surface area contributed by atoms with E-state index in [9.17, 15) is 18.4 Å². The number of rotatable bonds is 2. The summed E-state index contributed by atoms with van der Waals surface area (Å²) in [5.74, 6) is -2.37. The van der Waals surface area contributed by atoms with E-state index in [1.807, 2.05) is 0 Å². The summed E-state index contributed by atoms with van der Waals surface area (Å²) >= 11 is 0.